The van der Waals surface area contributed by atoms with E-state index in [0.717, 1.165) is 11.1 Å². The second-order valence-corrected chi connectivity index (χ2v) is 5.40. The van der Waals surface area contributed by atoms with E-state index < -0.39 is 0 Å². The molecular weight excluding hydrogens is 344 g/mol. The Morgan fingerprint density at radius 2 is 1.67 bits per heavy atom. The number of nitrogens with two attached hydrogens (primary N) is 1. The van der Waals surface area contributed by atoms with E-state index in [-0.39, 0.29) is 18.6 Å². The minimum absolute atomic E-state index is 0.00839. The van der Waals surface area contributed by atoms with Crippen molar-refractivity contribution in [3.8, 4) is 17.2 Å². The van der Waals surface area contributed by atoms with Crippen LogP contribution in [0.5, 0.6) is 17.2 Å². The van der Waals surface area contributed by atoms with Gasteiger partial charge in [0.2, 0.25) is 0 Å². The first kappa shape index (κ1) is 22.3. The number of methoxy groups -OCH3 is 2. The molecule has 0 saturated carbocycles. The van der Waals surface area contributed by atoms with Crippen molar-refractivity contribution in [2.24, 2.45) is 5.73 Å². The first-order valence-corrected chi connectivity index (χ1v) is 9.06. The largest absolute Gasteiger partial charge is 0.497 e. The third-order valence-electron chi connectivity index (χ3n) is 3.76. The SMILES string of the molecule is CC.CCNC(=O)COc1ccc(C(N)c2ccc(OC)cc2OC)cc1. The molecule has 0 aliphatic carbocycles. The van der Waals surface area contributed by atoms with Gasteiger partial charge in [0.15, 0.2) is 6.61 Å². The van der Waals surface area contributed by atoms with E-state index in [4.69, 9.17) is 19.9 Å². The lowest BCUT2D eigenvalue weighted by atomic mass is 9.98. The summed E-state index contributed by atoms with van der Waals surface area (Å²) < 4.78 is 16.1. The van der Waals surface area contributed by atoms with Crippen molar-refractivity contribution in [2.45, 2.75) is 26.8 Å². The van der Waals surface area contributed by atoms with Crippen LogP contribution in [-0.4, -0.2) is 33.3 Å². The second kappa shape index (κ2) is 11.8. The van der Waals surface area contributed by atoms with Crippen LogP contribution in [0.2, 0.25) is 0 Å². The lowest BCUT2D eigenvalue weighted by Crippen LogP contribution is -2.28. The molecule has 148 valence electrons. The number of nitrogens with one attached hydrogen (secondary N) is 1. The summed E-state index contributed by atoms with van der Waals surface area (Å²) >= 11 is 0. The molecule has 2 rings (SSSR count). The summed E-state index contributed by atoms with van der Waals surface area (Å²) in [6.07, 6.45) is 0. The number of hydrogen-bond acceptors (Lipinski definition) is 5. The van der Waals surface area contributed by atoms with E-state index in [0.29, 0.717) is 23.8 Å². The van der Waals surface area contributed by atoms with E-state index in [1.165, 1.54) is 0 Å². The summed E-state index contributed by atoms with van der Waals surface area (Å²) in [4.78, 5) is 11.4. The van der Waals surface area contributed by atoms with E-state index in [1.54, 1.807) is 32.4 Å². The maximum absolute atomic E-state index is 11.4. The molecule has 1 atom stereocenters. The molecule has 27 heavy (non-hydrogen) atoms. The summed E-state index contributed by atoms with van der Waals surface area (Å²) in [7, 11) is 3.21. The maximum atomic E-state index is 11.4. The molecule has 0 aromatic heterocycles. The number of ether oxygens (including phenoxy) is 3. The van der Waals surface area contributed by atoms with E-state index in [9.17, 15) is 4.79 Å². The molecule has 1 unspecified atom stereocenters. The Hall–Kier alpha value is -2.73. The van der Waals surface area contributed by atoms with Gasteiger partial charge in [0, 0.05) is 18.2 Å². The van der Waals surface area contributed by atoms with Crippen molar-refractivity contribution < 1.29 is 19.0 Å². The van der Waals surface area contributed by atoms with E-state index >= 15 is 0 Å². The Morgan fingerprint density at radius 3 is 2.22 bits per heavy atom. The maximum Gasteiger partial charge on any atom is 0.257 e. The van der Waals surface area contributed by atoms with Crippen LogP contribution in [0.4, 0.5) is 0 Å². The van der Waals surface area contributed by atoms with Crippen LogP contribution < -0.4 is 25.3 Å². The van der Waals surface area contributed by atoms with Crippen LogP contribution in [0, 0.1) is 0 Å². The lowest BCUT2D eigenvalue weighted by Gasteiger charge is -2.17. The fraction of sp³-hybridized carbons (Fsp3) is 0.381. The van der Waals surface area contributed by atoms with Crippen LogP contribution in [0.25, 0.3) is 0 Å². The molecule has 0 bridgehead atoms. The summed E-state index contributed by atoms with van der Waals surface area (Å²) in [5, 5.41) is 2.68. The molecule has 0 heterocycles. The molecule has 0 aliphatic rings. The molecule has 0 radical (unpaired) electrons. The monoisotopic (exact) mass is 374 g/mol. The zero-order valence-corrected chi connectivity index (χ0v) is 16.7. The third kappa shape index (κ3) is 6.49. The number of amides is 1. The van der Waals surface area contributed by atoms with Gasteiger partial charge in [0.25, 0.3) is 5.91 Å². The fourth-order valence-electron chi connectivity index (χ4n) is 2.42. The summed E-state index contributed by atoms with van der Waals surface area (Å²) in [6.45, 7) is 6.44. The number of rotatable bonds is 8. The van der Waals surface area contributed by atoms with E-state index in [1.807, 2.05) is 45.0 Å². The molecule has 0 spiro atoms. The predicted octanol–water partition coefficient (Wildman–Crippen LogP) is 3.29. The van der Waals surface area contributed by atoms with Gasteiger partial charge in [-0.1, -0.05) is 26.0 Å². The third-order valence-corrected chi connectivity index (χ3v) is 3.76. The minimum atomic E-state index is -0.349. The highest BCUT2D eigenvalue weighted by Gasteiger charge is 2.15. The van der Waals surface area contributed by atoms with Crippen LogP contribution >= 0.6 is 0 Å². The number of carbonyl (C=O) groups excluding carboxylic acids is 1. The van der Waals surface area contributed by atoms with Crippen LogP contribution in [0.1, 0.15) is 37.9 Å². The highest BCUT2D eigenvalue weighted by Crippen LogP contribution is 2.32. The second-order valence-electron chi connectivity index (χ2n) is 5.40. The van der Waals surface area contributed by atoms with Gasteiger partial charge >= 0.3 is 0 Å². The highest BCUT2D eigenvalue weighted by atomic mass is 16.5. The average molecular weight is 374 g/mol. The van der Waals surface area contributed by atoms with E-state index in [2.05, 4.69) is 5.32 Å². The number of carbonyl (C=O) groups is 1. The molecule has 6 nitrogen and oxygen atoms in total. The Kier molecular flexibility index (Phi) is 9.75. The molecule has 1 amide bonds. The minimum Gasteiger partial charge on any atom is -0.497 e. The van der Waals surface area contributed by atoms with Gasteiger partial charge in [-0.25, -0.2) is 0 Å². The quantitative estimate of drug-likeness (QED) is 0.741. The Bertz CT molecular complexity index is 702. The van der Waals surface area contributed by atoms with Crippen molar-refractivity contribution in [1.82, 2.24) is 5.32 Å². The van der Waals surface area contributed by atoms with Gasteiger partial charge in [-0.2, -0.15) is 0 Å². The summed E-state index contributed by atoms with van der Waals surface area (Å²) in [5.41, 5.74) is 8.14. The zero-order valence-electron chi connectivity index (χ0n) is 16.7. The molecule has 0 saturated heterocycles. The van der Waals surface area contributed by atoms with Gasteiger partial charge in [0.05, 0.1) is 20.3 Å². The smallest absolute Gasteiger partial charge is 0.257 e. The summed E-state index contributed by atoms with van der Waals surface area (Å²) in [5.74, 6) is 1.85. The summed E-state index contributed by atoms with van der Waals surface area (Å²) in [6, 6.07) is 12.5. The molecule has 2 aromatic carbocycles. The van der Waals surface area contributed by atoms with Gasteiger partial charge in [0.1, 0.15) is 17.2 Å². The molecule has 0 aliphatic heterocycles. The Labute approximate surface area is 161 Å². The van der Waals surface area contributed by atoms with Gasteiger partial charge in [-0.05, 0) is 36.8 Å². The molecular formula is C21H30N2O4. The first-order valence-electron chi connectivity index (χ1n) is 9.06. The van der Waals surface area contributed by atoms with Crippen LogP contribution in [0.3, 0.4) is 0 Å². The van der Waals surface area contributed by atoms with Crippen LogP contribution in [0.15, 0.2) is 42.5 Å². The van der Waals surface area contributed by atoms with Crippen molar-refractivity contribution in [3.05, 3.63) is 53.6 Å². The van der Waals surface area contributed by atoms with Crippen molar-refractivity contribution in [3.63, 3.8) is 0 Å². The first-order chi connectivity index (χ1) is 13.1. The lowest BCUT2D eigenvalue weighted by molar-refractivity contribution is -0.122. The van der Waals surface area contributed by atoms with Gasteiger partial charge in [-0.15, -0.1) is 0 Å². The number of likely N-dealkylation sites (N-methyl/N-ethyl adjacent to an activating group) is 1. The molecule has 0 fully saturated rings. The topological polar surface area (TPSA) is 82.8 Å². The normalized spacial score (nSPS) is 10.9. The van der Waals surface area contributed by atoms with Crippen LogP contribution in [-0.2, 0) is 4.79 Å². The molecule has 3 N–H and O–H groups in total. The number of hydrogen-bond donors (Lipinski definition) is 2. The Morgan fingerprint density at radius 1 is 1.04 bits per heavy atom. The zero-order chi connectivity index (χ0) is 20.2. The molecule has 2 aromatic rings. The Balaban J connectivity index is 0.00000176. The van der Waals surface area contributed by atoms with Crippen molar-refractivity contribution >= 4 is 5.91 Å². The van der Waals surface area contributed by atoms with Crippen molar-refractivity contribution in [1.29, 1.82) is 0 Å². The molecule has 6 heteroatoms. The van der Waals surface area contributed by atoms with Gasteiger partial charge < -0.3 is 25.3 Å². The predicted molar refractivity (Wildman–Crippen MR) is 108 cm³/mol. The highest BCUT2D eigenvalue weighted by molar-refractivity contribution is 5.77. The average Bonchev–Trinajstić information content (AvgIpc) is 2.73. The standard InChI is InChI=1S/C19H24N2O4.C2H6/c1-4-21-18(22)12-25-14-7-5-13(6-8-14)19(20)16-10-9-15(23-2)11-17(16)24-3;1-2/h5-11,19H,4,12,20H2,1-3H3,(H,21,22);1-2H3. The van der Waals surface area contributed by atoms with Crippen molar-refractivity contribution in [2.75, 3.05) is 27.4 Å². The van der Waals surface area contributed by atoms with Gasteiger partial charge in [-0.3, -0.25) is 4.79 Å². The fourth-order valence-corrected chi connectivity index (χ4v) is 2.42. The number of benzene rings is 2.